The minimum Gasteiger partial charge on any atom is -0.352 e. The third-order valence-electron chi connectivity index (χ3n) is 3.52. The molecule has 1 rings (SSSR count). The lowest BCUT2D eigenvalue weighted by Crippen LogP contribution is -2.42. The molecule has 7 nitrogen and oxygen atoms in total. The summed E-state index contributed by atoms with van der Waals surface area (Å²) in [6, 6.07) is 0. The van der Waals surface area contributed by atoms with E-state index in [9.17, 15) is 14.4 Å². The van der Waals surface area contributed by atoms with Crippen molar-refractivity contribution >= 4 is 5.91 Å². The number of nitrogens with zero attached hydrogens (tertiary/aromatic N) is 3. The van der Waals surface area contributed by atoms with Crippen LogP contribution in [0.15, 0.2) is 15.8 Å². The molecule has 0 saturated carbocycles. The summed E-state index contributed by atoms with van der Waals surface area (Å²) in [5.74, 6) is -0.439. The highest BCUT2D eigenvalue weighted by Crippen LogP contribution is 1.91. The Morgan fingerprint density at radius 3 is 2.43 bits per heavy atom. The molecule has 0 aromatic carbocycles. The molecule has 1 N–H and O–H groups in total. The average Bonchev–Trinajstić information content (AvgIpc) is 2.48. The molecule has 21 heavy (non-hydrogen) atoms. The van der Waals surface area contributed by atoms with E-state index in [2.05, 4.69) is 24.1 Å². The molecule has 0 aliphatic rings. The summed E-state index contributed by atoms with van der Waals surface area (Å²) in [4.78, 5) is 37.7. The fourth-order valence-electron chi connectivity index (χ4n) is 2.10. The molecule has 0 unspecified atom stereocenters. The van der Waals surface area contributed by atoms with Gasteiger partial charge in [-0.1, -0.05) is 13.8 Å². The molecule has 0 radical (unpaired) electrons. The van der Waals surface area contributed by atoms with Crippen LogP contribution in [0.25, 0.3) is 0 Å². The van der Waals surface area contributed by atoms with Crippen LogP contribution in [0.2, 0.25) is 0 Å². The zero-order chi connectivity index (χ0) is 16.0. The topological polar surface area (TPSA) is 76.3 Å². The van der Waals surface area contributed by atoms with Crippen molar-refractivity contribution in [3.05, 3.63) is 32.6 Å². The van der Waals surface area contributed by atoms with Crippen LogP contribution in [0.4, 0.5) is 0 Å². The number of carbonyl (C=O) groups excluding carboxylic acids is 1. The Labute approximate surface area is 124 Å². The van der Waals surface area contributed by atoms with Gasteiger partial charge in [-0.3, -0.25) is 14.2 Å². The van der Waals surface area contributed by atoms with Gasteiger partial charge in [0.25, 0.3) is 11.5 Å². The molecule has 0 bridgehead atoms. The summed E-state index contributed by atoms with van der Waals surface area (Å²) in [5.41, 5.74) is -1.03. The molecule has 0 saturated heterocycles. The standard InChI is InChI=1S/C14H24N4O3/c1-5-18(6-2)9-7-8-15-12(19)11-10-16(3)14(21)17(4)13(11)20/h10H,5-9H2,1-4H3,(H,15,19). The van der Waals surface area contributed by atoms with Gasteiger partial charge in [0.05, 0.1) is 0 Å². The summed E-state index contributed by atoms with van der Waals surface area (Å²) in [5, 5.41) is 2.72. The van der Waals surface area contributed by atoms with Gasteiger partial charge >= 0.3 is 5.69 Å². The maximum absolute atomic E-state index is 12.0. The molecule has 0 aliphatic heterocycles. The number of rotatable bonds is 7. The van der Waals surface area contributed by atoms with Crippen molar-refractivity contribution in [2.24, 2.45) is 14.1 Å². The minimum absolute atomic E-state index is 0.0116. The molecule has 0 aliphatic carbocycles. The summed E-state index contributed by atoms with van der Waals surface area (Å²) in [6.45, 7) is 7.55. The van der Waals surface area contributed by atoms with Gasteiger partial charge < -0.3 is 14.8 Å². The number of aryl methyl sites for hydroxylation is 1. The second-order valence-corrected chi connectivity index (χ2v) is 4.94. The number of aromatic nitrogens is 2. The maximum Gasteiger partial charge on any atom is 0.330 e. The van der Waals surface area contributed by atoms with Gasteiger partial charge in [-0.05, 0) is 26.1 Å². The lowest BCUT2D eigenvalue weighted by atomic mass is 10.3. The molecule has 1 heterocycles. The van der Waals surface area contributed by atoms with Crippen LogP contribution in [-0.2, 0) is 14.1 Å². The van der Waals surface area contributed by atoms with E-state index in [1.54, 1.807) is 0 Å². The minimum atomic E-state index is -0.570. The highest BCUT2D eigenvalue weighted by Gasteiger charge is 2.14. The first-order valence-corrected chi connectivity index (χ1v) is 7.19. The van der Waals surface area contributed by atoms with E-state index in [1.807, 2.05) is 0 Å². The Kier molecular flexibility index (Phi) is 6.36. The maximum atomic E-state index is 12.0. The number of hydrogen-bond acceptors (Lipinski definition) is 4. The van der Waals surface area contributed by atoms with Crippen LogP contribution in [-0.4, -0.2) is 46.1 Å². The largest absolute Gasteiger partial charge is 0.352 e. The van der Waals surface area contributed by atoms with E-state index >= 15 is 0 Å². The lowest BCUT2D eigenvalue weighted by Gasteiger charge is -2.17. The van der Waals surface area contributed by atoms with Crippen molar-refractivity contribution in [3.8, 4) is 0 Å². The molecule has 0 spiro atoms. The average molecular weight is 296 g/mol. The second-order valence-electron chi connectivity index (χ2n) is 4.94. The van der Waals surface area contributed by atoms with Crippen molar-refractivity contribution in [1.29, 1.82) is 0 Å². The predicted molar refractivity (Wildman–Crippen MR) is 81.7 cm³/mol. The van der Waals surface area contributed by atoms with Gasteiger partial charge in [0.2, 0.25) is 0 Å². The molecule has 1 aromatic heterocycles. The van der Waals surface area contributed by atoms with Crippen LogP contribution < -0.4 is 16.6 Å². The number of hydrogen-bond donors (Lipinski definition) is 1. The molecule has 7 heteroatoms. The summed E-state index contributed by atoms with van der Waals surface area (Å²) in [7, 11) is 2.88. The predicted octanol–water partition coefficient (Wildman–Crippen LogP) is -0.454. The third kappa shape index (κ3) is 4.29. The first-order valence-electron chi connectivity index (χ1n) is 7.19. The van der Waals surface area contributed by atoms with Crippen molar-refractivity contribution in [1.82, 2.24) is 19.4 Å². The molecular weight excluding hydrogens is 272 g/mol. The van der Waals surface area contributed by atoms with Crippen molar-refractivity contribution < 1.29 is 4.79 Å². The van der Waals surface area contributed by atoms with Gasteiger partial charge in [0, 0.05) is 26.8 Å². The van der Waals surface area contributed by atoms with Gasteiger partial charge in [-0.2, -0.15) is 0 Å². The third-order valence-corrected chi connectivity index (χ3v) is 3.52. The molecule has 0 atom stereocenters. The second kappa shape index (κ2) is 7.78. The molecule has 0 fully saturated rings. The Morgan fingerprint density at radius 2 is 1.86 bits per heavy atom. The number of carbonyl (C=O) groups is 1. The van der Waals surface area contributed by atoms with E-state index in [0.717, 1.165) is 30.6 Å². The summed E-state index contributed by atoms with van der Waals surface area (Å²) >= 11 is 0. The first-order chi connectivity index (χ1) is 9.92. The summed E-state index contributed by atoms with van der Waals surface area (Å²) in [6.07, 6.45) is 2.10. The van der Waals surface area contributed by atoms with Gasteiger partial charge in [-0.15, -0.1) is 0 Å². The quantitative estimate of drug-likeness (QED) is 0.691. The van der Waals surface area contributed by atoms with E-state index in [1.165, 1.54) is 24.9 Å². The van der Waals surface area contributed by atoms with Gasteiger partial charge in [-0.25, -0.2) is 4.79 Å². The van der Waals surface area contributed by atoms with Crippen LogP contribution in [0.3, 0.4) is 0 Å². The molecular formula is C14H24N4O3. The van der Waals surface area contributed by atoms with Crippen LogP contribution >= 0.6 is 0 Å². The van der Waals surface area contributed by atoms with Gasteiger partial charge in [0.15, 0.2) is 0 Å². The highest BCUT2D eigenvalue weighted by molar-refractivity contribution is 5.93. The Bertz CT molecular complexity index is 599. The van der Waals surface area contributed by atoms with E-state index in [4.69, 9.17) is 0 Å². The summed E-state index contributed by atoms with van der Waals surface area (Å²) < 4.78 is 2.16. The Hall–Kier alpha value is -1.89. The number of nitrogens with one attached hydrogen (secondary N) is 1. The van der Waals surface area contributed by atoms with Crippen molar-refractivity contribution in [2.75, 3.05) is 26.2 Å². The van der Waals surface area contributed by atoms with Gasteiger partial charge in [0.1, 0.15) is 5.56 Å². The zero-order valence-corrected chi connectivity index (χ0v) is 13.2. The van der Waals surface area contributed by atoms with Crippen LogP contribution in [0, 0.1) is 0 Å². The van der Waals surface area contributed by atoms with Crippen molar-refractivity contribution in [2.45, 2.75) is 20.3 Å². The SMILES string of the molecule is CCN(CC)CCCNC(=O)c1cn(C)c(=O)n(C)c1=O. The molecule has 118 valence electrons. The molecule has 1 amide bonds. The Morgan fingerprint density at radius 1 is 1.24 bits per heavy atom. The fourth-order valence-corrected chi connectivity index (χ4v) is 2.10. The highest BCUT2D eigenvalue weighted by atomic mass is 16.2. The molecule has 1 aromatic rings. The lowest BCUT2D eigenvalue weighted by molar-refractivity contribution is 0.0948. The monoisotopic (exact) mass is 296 g/mol. The smallest absolute Gasteiger partial charge is 0.330 e. The van der Waals surface area contributed by atoms with Crippen LogP contribution in [0.5, 0.6) is 0 Å². The van der Waals surface area contributed by atoms with E-state index in [0.29, 0.717) is 6.54 Å². The normalized spacial score (nSPS) is 10.9. The fraction of sp³-hybridized carbons (Fsp3) is 0.643. The van der Waals surface area contributed by atoms with Crippen molar-refractivity contribution in [3.63, 3.8) is 0 Å². The number of amides is 1. The van der Waals surface area contributed by atoms with E-state index < -0.39 is 17.2 Å². The Balaban J connectivity index is 2.65. The first kappa shape index (κ1) is 17.2. The zero-order valence-electron chi connectivity index (χ0n) is 13.2. The van der Waals surface area contributed by atoms with Crippen LogP contribution in [0.1, 0.15) is 30.6 Å². The van der Waals surface area contributed by atoms with E-state index in [-0.39, 0.29) is 5.56 Å².